The Balaban J connectivity index is 1.58. The van der Waals surface area contributed by atoms with E-state index in [2.05, 4.69) is 5.32 Å². The van der Waals surface area contributed by atoms with E-state index in [1.165, 1.54) is 4.90 Å². The maximum absolute atomic E-state index is 12.8. The highest BCUT2D eigenvalue weighted by Gasteiger charge is 2.39. The van der Waals surface area contributed by atoms with Crippen molar-refractivity contribution in [1.29, 1.82) is 0 Å². The summed E-state index contributed by atoms with van der Waals surface area (Å²) in [5, 5.41) is 3.22. The van der Waals surface area contributed by atoms with Crippen molar-refractivity contribution >= 4 is 17.5 Å². The molecule has 0 spiro atoms. The van der Waals surface area contributed by atoms with Gasteiger partial charge in [-0.05, 0) is 75.7 Å². The lowest BCUT2D eigenvalue weighted by atomic mass is 10.1. The van der Waals surface area contributed by atoms with Crippen molar-refractivity contribution < 1.29 is 23.8 Å². The van der Waals surface area contributed by atoms with Gasteiger partial charge >= 0.3 is 0 Å². The number of rotatable bonds is 11. The lowest BCUT2D eigenvalue weighted by Gasteiger charge is -2.16. The molecule has 1 atom stereocenters. The molecule has 1 saturated heterocycles. The largest absolute Gasteiger partial charge is 0.494 e. The van der Waals surface area contributed by atoms with Crippen LogP contribution in [-0.2, 0) is 16.0 Å². The summed E-state index contributed by atoms with van der Waals surface area (Å²) < 4.78 is 16.7. The van der Waals surface area contributed by atoms with E-state index in [1.807, 2.05) is 39.0 Å². The van der Waals surface area contributed by atoms with Crippen LogP contribution in [0.5, 0.6) is 17.2 Å². The second-order valence-corrected chi connectivity index (χ2v) is 7.10. The van der Waals surface area contributed by atoms with Crippen LogP contribution in [0.15, 0.2) is 42.5 Å². The van der Waals surface area contributed by atoms with E-state index in [9.17, 15) is 9.59 Å². The van der Waals surface area contributed by atoms with Crippen molar-refractivity contribution in [2.75, 3.05) is 31.3 Å². The molecule has 3 rings (SSSR count). The molecule has 2 aromatic carbocycles. The first-order valence-corrected chi connectivity index (χ1v) is 10.8. The van der Waals surface area contributed by atoms with Crippen molar-refractivity contribution in [3.05, 3.63) is 48.0 Å². The van der Waals surface area contributed by atoms with Crippen LogP contribution in [0.4, 0.5) is 5.69 Å². The molecule has 1 aliphatic heterocycles. The Morgan fingerprint density at radius 2 is 1.58 bits per heavy atom. The smallest absolute Gasteiger partial charge is 0.251 e. The summed E-state index contributed by atoms with van der Waals surface area (Å²) in [7, 11) is 0. The standard InChI is InChI=1S/C24H30N2O5/c1-4-29-19-10-8-18(9-11-19)26-23(27)16-20(24(26)28)25-14-13-17-7-12-21(30-5-2)22(15-17)31-6-3/h7-12,15,20,25H,4-6,13-14,16H2,1-3H3. The SMILES string of the molecule is CCOc1ccc(N2C(=O)CC(NCCc3ccc(OCC)c(OCC)c3)C2=O)cc1. The summed E-state index contributed by atoms with van der Waals surface area (Å²) >= 11 is 0. The van der Waals surface area contributed by atoms with Crippen LogP contribution >= 0.6 is 0 Å². The molecule has 0 saturated carbocycles. The van der Waals surface area contributed by atoms with E-state index in [1.54, 1.807) is 24.3 Å². The number of amides is 2. The van der Waals surface area contributed by atoms with Gasteiger partial charge in [-0.3, -0.25) is 9.59 Å². The molecule has 0 bridgehead atoms. The highest BCUT2D eigenvalue weighted by Crippen LogP contribution is 2.29. The van der Waals surface area contributed by atoms with Gasteiger partial charge in [0.2, 0.25) is 5.91 Å². The third-order valence-corrected chi connectivity index (χ3v) is 4.96. The van der Waals surface area contributed by atoms with Crippen LogP contribution < -0.4 is 24.4 Å². The number of nitrogens with zero attached hydrogens (tertiary/aromatic N) is 1. The maximum atomic E-state index is 12.8. The first-order valence-electron chi connectivity index (χ1n) is 10.8. The number of ether oxygens (including phenoxy) is 3. The van der Waals surface area contributed by atoms with Gasteiger partial charge in [-0.1, -0.05) is 6.07 Å². The molecule has 2 aromatic rings. The number of carbonyl (C=O) groups excluding carboxylic acids is 2. The van der Waals surface area contributed by atoms with Crippen molar-refractivity contribution in [3.8, 4) is 17.2 Å². The molecule has 31 heavy (non-hydrogen) atoms. The lowest BCUT2D eigenvalue weighted by molar-refractivity contribution is -0.121. The van der Waals surface area contributed by atoms with E-state index in [-0.39, 0.29) is 18.2 Å². The molecule has 1 unspecified atom stereocenters. The molecule has 1 fully saturated rings. The Bertz CT molecular complexity index is 897. The van der Waals surface area contributed by atoms with Gasteiger partial charge in [-0.25, -0.2) is 4.90 Å². The van der Waals surface area contributed by atoms with Crippen LogP contribution in [0, 0.1) is 0 Å². The molecular formula is C24H30N2O5. The van der Waals surface area contributed by atoms with Gasteiger partial charge in [0.05, 0.1) is 38.0 Å². The molecule has 0 aliphatic carbocycles. The zero-order valence-electron chi connectivity index (χ0n) is 18.3. The minimum absolute atomic E-state index is 0.152. The van der Waals surface area contributed by atoms with Gasteiger partial charge < -0.3 is 19.5 Å². The number of anilines is 1. The summed E-state index contributed by atoms with van der Waals surface area (Å²) in [6.07, 6.45) is 0.854. The zero-order chi connectivity index (χ0) is 22.2. The minimum Gasteiger partial charge on any atom is -0.494 e. The Morgan fingerprint density at radius 1 is 0.903 bits per heavy atom. The Hall–Kier alpha value is -3.06. The predicted molar refractivity (Wildman–Crippen MR) is 119 cm³/mol. The normalized spacial score (nSPS) is 16.0. The fourth-order valence-electron chi connectivity index (χ4n) is 3.56. The Kier molecular flexibility index (Phi) is 7.89. The second-order valence-electron chi connectivity index (χ2n) is 7.10. The highest BCUT2D eigenvalue weighted by atomic mass is 16.5. The first-order chi connectivity index (χ1) is 15.1. The fraction of sp³-hybridized carbons (Fsp3) is 0.417. The summed E-state index contributed by atoms with van der Waals surface area (Å²) in [6.45, 7) is 8.04. The van der Waals surface area contributed by atoms with E-state index in [0.29, 0.717) is 44.2 Å². The second kappa shape index (κ2) is 10.8. The average Bonchev–Trinajstić information content (AvgIpc) is 3.04. The molecule has 1 aliphatic rings. The monoisotopic (exact) mass is 426 g/mol. The van der Waals surface area contributed by atoms with Gasteiger partial charge in [0.25, 0.3) is 5.91 Å². The average molecular weight is 427 g/mol. The highest BCUT2D eigenvalue weighted by molar-refractivity contribution is 6.22. The number of benzene rings is 2. The van der Waals surface area contributed by atoms with Crippen molar-refractivity contribution in [3.63, 3.8) is 0 Å². The molecule has 1 heterocycles. The quantitative estimate of drug-likeness (QED) is 0.556. The van der Waals surface area contributed by atoms with Crippen LogP contribution in [-0.4, -0.2) is 44.2 Å². The fourth-order valence-corrected chi connectivity index (χ4v) is 3.56. The van der Waals surface area contributed by atoms with Crippen LogP contribution in [0.2, 0.25) is 0 Å². The lowest BCUT2D eigenvalue weighted by Crippen LogP contribution is -2.39. The van der Waals surface area contributed by atoms with Crippen LogP contribution in [0.25, 0.3) is 0 Å². The van der Waals surface area contributed by atoms with Gasteiger partial charge in [-0.2, -0.15) is 0 Å². The molecule has 7 nitrogen and oxygen atoms in total. The van der Waals surface area contributed by atoms with Gasteiger partial charge in [-0.15, -0.1) is 0 Å². The number of hydrogen-bond acceptors (Lipinski definition) is 6. The van der Waals surface area contributed by atoms with Crippen molar-refractivity contribution in [1.82, 2.24) is 5.32 Å². The summed E-state index contributed by atoms with van der Waals surface area (Å²) in [5.41, 5.74) is 1.63. The molecule has 1 N–H and O–H groups in total. The third kappa shape index (κ3) is 5.55. The van der Waals surface area contributed by atoms with E-state index in [0.717, 1.165) is 17.1 Å². The third-order valence-electron chi connectivity index (χ3n) is 4.96. The van der Waals surface area contributed by atoms with Gasteiger partial charge in [0.1, 0.15) is 5.75 Å². The van der Waals surface area contributed by atoms with Crippen molar-refractivity contribution in [2.45, 2.75) is 39.7 Å². The first kappa shape index (κ1) is 22.6. The van der Waals surface area contributed by atoms with Crippen LogP contribution in [0.1, 0.15) is 32.8 Å². The minimum atomic E-state index is -0.520. The summed E-state index contributed by atoms with van der Waals surface area (Å²) in [5.74, 6) is 1.73. The predicted octanol–water partition coefficient (Wildman–Crippen LogP) is 3.35. The Labute approximate surface area is 183 Å². The molecule has 0 aromatic heterocycles. The van der Waals surface area contributed by atoms with Crippen molar-refractivity contribution in [2.24, 2.45) is 0 Å². The van der Waals surface area contributed by atoms with E-state index >= 15 is 0 Å². The number of hydrogen-bond donors (Lipinski definition) is 1. The van der Waals surface area contributed by atoms with Crippen LogP contribution in [0.3, 0.4) is 0 Å². The van der Waals surface area contributed by atoms with Gasteiger partial charge in [0, 0.05) is 0 Å². The van der Waals surface area contributed by atoms with E-state index in [4.69, 9.17) is 14.2 Å². The summed E-state index contributed by atoms with van der Waals surface area (Å²) in [6, 6.07) is 12.3. The molecule has 7 heteroatoms. The summed E-state index contributed by atoms with van der Waals surface area (Å²) in [4.78, 5) is 26.5. The number of imide groups is 1. The number of carbonyl (C=O) groups is 2. The zero-order valence-corrected chi connectivity index (χ0v) is 18.3. The van der Waals surface area contributed by atoms with Gasteiger partial charge in [0.15, 0.2) is 11.5 Å². The number of nitrogens with one attached hydrogen (secondary N) is 1. The maximum Gasteiger partial charge on any atom is 0.251 e. The molecule has 0 radical (unpaired) electrons. The molecule has 166 valence electrons. The Morgan fingerprint density at radius 3 is 2.26 bits per heavy atom. The molecular weight excluding hydrogens is 396 g/mol. The molecule has 2 amide bonds. The topological polar surface area (TPSA) is 77.1 Å². The van der Waals surface area contributed by atoms with E-state index < -0.39 is 6.04 Å².